The summed E-state index contributed by atoms with van der Waals surface area (Å²) in [5.41, 5.74) is 0.379. The molecule has 0 bridgehead atoms. The number of halogens is 4. The second-order valence-electron chi connectivity index (χ2n) is 7.83. The highest BCUT2D eigenvalue weighted by atomic mass is 19.4. The second-order valence-corrected chi connectivity index (χ2v) is 7.83. The number of fused-ring (bicyclic) bond motifs is 3. The molecular formula is C22H14F4N6O2. The summed E-state index contributed by atoms with van der Waals surface area (Å²) < 4.78 is 61.7. The smallest absolute Gasteiger partial charge is 0.416 e. The zero-order valence-corrected chi connectivity index (χ0v) is 17.2. The number of para-hydroxylation sites is 1. The van der Waals surface area contributed by atoms with Gasteiger partial charge >= 0.3 is 11.9 Å². The first-order valence-corrected chi connectivity index (χ1v) is 10.2. The molecule has 0 aliphatic carbocycles. The first kappa shape index (κ1) is 20.4. The van der Waals surface area contributed by atoms with E-state index in [2.05, 4.69) is 19.9 Å². The fourth-order valence-corrected chi connectivity index (χ4v) is 4.30. The fourth-order valence-electron chi connectivity index (χ4n) is 4.30. The van der Waals surface area contributed by atoms with Crippen LogP contribution in [-0.2, 0) is 6.18 Å². The van der Waals surface area contributed by atoms with Crippen LogP contribution in [0.25, 0.3) is 28.1 Å². The Morgan fingerprint density at radius 1 is 1.15 bits per heavy atom. The zero-order chi connectivity index (χ0) is 23.6. The summed E-state index contributed by atoms with van der Waals surface area (Å²) in [7, 11) is 0. The van der Waals surface area contributed by atoms with Crippen LogP contribution in [0.4, 0.5) is 17.6 Å². The molecule has 1 aliphatic rings. The van der Waals surface area contributed by atoms with Crippen molar-refractivity contribution in [2.75, 3.05) is 6.61 Å². The van der Waals surface area contributed by atoms with E-state index < -0.39 is 29.3 Å². The molecule has 0 saturated carbocycles. The zero-order valence-electron chi connectivity index (χ0n) is 17.2. The number of alkyl halides is 3. The van der Waals surface area contributed by atoms with Crippen LogP contribution in [0.1, 0.15) is 23.6 Å². The van der Waals surface area contributed by atoms with Crippen LogP contribution in [-0.4, -0.2) is 35.7 Å². The molecule has 5 aromatic rings. The molecule has 0 fully saturated rings. The molecule has 1 aliphatic heterocycles. The summed E-state index contributed by atoms with van der Waals surface area (Å²) in [5, 5.41) is 0. The Hall–Kier alpha value is -4.22. The molecule has 1 N–H and O–H groups in total. The molecule has 12 heteroatoms. The molecule has 0 saturated heterocycles. The van der Waals surface area contributed by atoms with E-state index in [0.29, 0.717) is 23.0 Å². The van der Waals surface area contributed by atoms with Gasteiger partial charge in [-0.1, -0.05) is 12.1 Å². The molecule has 2 aromatic carbocycles. The summed E-state index contributed by atoms with van der Waals surface area (Å²) in [5.74, 6) is -0.307. The quantitative estimate of drug-likeness (QED) is 0.394. The van der Waals surface area contributed by atoms with Gasteiger partial charge in [-0.2, -0.15) is 18.2 Å². The molecule has 6 rings (SSSR count). The summed E-state index contributed by atoms with van der Waals surface area (Å²) in [6.45, 7) is 0.212. The van der Waals surface area contributed by atoms with E-state index in [1.165, 1.54) is 33.8 Å². The lowest BCUT2D eigenvalue weighted by Gasteiger charge is -2.26. The molecule has 1 unspecified atom stereocenters. The number of imidazole rings is 2. The molecule has 172 valence electrons. The van der Waals surface area contributed by atoms with E-state index >= 15 is 0 Å². The lowest BCUT2D eigenvalue weighted by atomic mass is 10.00. The molecule has 0 spiro atoms. The lowest BCUT2D eigenvalue weighted by Crippen LogP contribution is -2.28. The van der Waals surface area contributed by atoms with E-state index in [4.69, 9.17) is 4.74 Å². The van der Waals surface area contributed by atoms with E-state index in [9.17, 15) is 22.4 Å². The van der Waals surface area contributed by atoms with Gasteiger partial charge < -0.3 is 9.72 Å². The van der Waals surface area contributed by atoms with Crippen LogP contribution in [0.5, 0.6) is 5.75 Å². The third kappa shape index (κ3) is 3.05. The minimum atomic E-state index is -4.49. The van der Waals surface area contributed by atoms with Gasteiger partial charge in [-0.05, 0) is 24.3 Å². The SMILES string of the molecule is O=c1[nH]c2cnc(-n3cnc4cc(C(F)(F)F)ccc43)nc2n1C1CCOc2c(F)cccc21. The van der Waals surface area contributed by atoms with Gasteiger partial charge in [-0.15, -0.1) is 0 Å². The Morgan fingerprint density at radius 2 is 2.00 bits per heavy atom. The van der Waals surface area contributed by atoms with Crippen LogP contribution < -0.4 is 10.4 Å². The Balaban J connectivity index is 1.50. The minimum absolute atomic E-state index is 0.0929. The monoisotopic (exact) mass is 470 g/mol. The highest BCUT2D eigenvalue weighted by Gasteiger charge is 2.31. The first-order valence-electron chi connectivity index (χ1n) is 10.2. The average molecular weight is 470 g/mol. The average Bonchev–Trinajstić information content (AvgIpc) is 3.38. The number of benzene rings is 2. The summed E-state index contributed by atoms with van der Waals surface area (Å²) in [6.07, 6.45) is -1.34. The van der Waals surface area contributed by atoms with Gasteiger partial charge in [0, 0.05) is 12.0 Å². The number of aromatic nitrogens is 6. The highest BCUT2D eigenvalue weighted by molar-refractivity contribution is 5.78. The number of H-pyrrole nitrogens is 1. The molecule has 1 atom stereocenters. The van der Waals surface area contributed by atoms with Gasteiger partial charge in [-0.25, -0.2) is 19.2 Å². The van der Waals surface area contributed by atoms with Gasteiger partial charge in [0.25, 0.3) is 0 Å². The Morgan fingerprint density at radius 3 is 2.82 bits per heavy atom. The van der Waals surface area contributed by atoms with Crippen LogP contribution in [0.3, 0.4) is 0 Å². The summed E-state index contributed by atoms with van der Waals surface area (Å²) >= 11 is 0. The number of hydrogen-bond acceptors (Lipinski definition) is 5. The largest absolute Gasteiger partial charge is 0.490 e. The van der Waals surface area contributed by atoms with Crippen LogP contribution in [0.15, 0.2) is 53.7 Å². The van der Waals surface area contributed by atoms with Crippen molar-refractivity contribution in [3.05, 3.63) is 76.4 Å². The van der Waals surface area contributed by atoms with Gasteiger partial charge in [0.15, 0.2) is 17.2 Å². The van der Waals surface area contributed by atoms with Gasteiger partial charge in [0.05, 0.1) is 35.4 Å². The molecule has 0 radical (unpaired) electrons. The number of nitrogens with one attached hydrogen (secondary N) is 1. The standard InChI is InChI=1S/C22H14F4N6O2/c23-13-3-1-2-12-16(6-7-34-18(12)13)32-19-15(29-21(32)33)9-27-20(30-19)31-10-28-14-8-11(22(24,25)26)4-5-17(14)31/h1-5,8-10,16H,6-7H2,(H,29,33). The first-order chi connectivity index (χ1) is 16.3. The van der Waals surface area contributed by atoms with Gasteiger partial charge in [0.1, 0.15) is 11.8 Å². The molecule has 8 nitrogen and oxygen atoms in total. The Bertz CT molecular complexity index is 1630. The maximum Gasteiger partial charge on any atom is 0.416 e. The third-order valence-electron chi connectivity index (χ3n) is 5.84. The highest BCUT2D eigenvalue weighted by Crippen LogP contribution is 2.37. The number of nitrogens with zero attached hydrogens (tertiary/aromatic N) is 5. The Labute approximate surface area is 187 Å². The predicted molar refractivity (Wildman–Crippen MR) is 112 cm³/mol. The van der Waals surface area contributed by atoms with Crippen LogP contribution in [0, 0.1) is 5.82 Å². The minimum Gasteiger partial charge on any atom is -0.490 e. The van der Waals surface area contributed by atoms with Crippen LogP contribution in [0.2, 0.25) is 0 Å². The van der Waals surface area contributed by atoms with Crippen molar-refractivity contribution in [2.45, 2.75) is 18.6 Å². The second kappa shape index (κ2) is 7.14. The van der Waals surface area contributed by atoms with Crippen molar-refractivity contribution in [1.29, 1.82) is 0 Å². The van der Waals surface area contributed by atoms with E-state index in [0.717, 1.165) is 12.1 Å². The van der Waals surface area contributed by atoms with Crippen molar-refractivity contribution < 1.29 is 22.3 Å². The van der Waals surface area contributed by atoms with Crippen molar-refractivity contribution in [2.24, 2.45) is 0 Å². The van der Waals surface area contributed by atoms with E-state index in [1.807, 2.05) is 0 Å². The summed E-state index contributed by atoms with van der Waals surface area (Å²) in [4.78, 5) is 28.4. The van der Waals surface area contributed by atoms with Crippen molar-refractivity contribution >= 4 is 22.2 Å². The van der Waals surface area contributed by atoms with Gasteiger partial charge in [0.2, 0.25) is 5.95 Å². The van der Waals surface area contributed by atoms with Crippen molar-refractivity contribution in [3.63, 3.8) is 0 Å². The van der Waals surface area contributed by atoms with Gasteiger partial charge in [-0.3, -0.25) is 9.13 Å². The number of ether oxygens (including phenoxy) is 1. The number of aromatic amines is 1. The maximum absolute atomic E-state index is 14.3. The Kier molecular flexibility index (Phi) is 4.28. The molecule has 34 heavy (non-hydrogen) atoms. The van der Waals surface area contributed by atoms with Crippen LogP contribution >= 0.6 is 0 Å². The van der Waals surface area contributed by atoms with E-state index in [-0.39, 0.29) is 29.5 Å². The third-order valence-corrected chi connectivity index (χ3v) is 5.84. The topological polar surface area (TPSA) is 90.6 Å². The van der Waals surface area contributed by atoms with E-state index in [1.54, 1.807) is 12.1 Å². The molecule has 3 aromatic heterocycles. The fraction of sp³-hybridized carbons (Fsp3) is 0.182. The molecular weight excluding hydrogens is 456 g/mol. The maximum atomic E-state index is 14.3. The van der Waals surface area contributed by atoms with Crippen molar-refractivity contribution in [1.82, 2.24) is 29.1 Å². The lowest BCUT2D eigenvalue weighted by molar-refractivity contribution is -0.137. The molecule has 0 amide bonds. The molecule has 4 heterocycles. The predicted octanol–water partition coefficient (Wildman–Crippen LogP) is 3.99. The number of hydrogen-bond donors (Lipinski definition) is 1. The summed E-state index contributed by atoms with van der Waals surface area (Å²) in [6, 6.07) is 7.19. The number of rotatable bonds is 2. The van der Waals surface area contributed by atoms with Crippen molar-refractivity contribution in [3.8, 4) is 11.7 Å². The normalized spacial score (nSPS) is 16.1.